The molecule has 0 N–H and O–H groups in total. The van der Waals surface area contributed by atoms with Crippen molar-refractivity contribution in [3.63, 3.8) is 0 Å². The molecule has 23 heavy (non-hydrogen) atoms. The first-order chi connectivity index (χ1) is 11.1. The molecule has 2 amide bonds. The fourth-order valence-electron chi connectivity index (χ4n) is 3.72. The molecule has 0 spiro atoms. The van der Waals surface area contributed by atoms with E-state index in [0.29, 0.717) is 11.8 Å². The maximum atomic E-state index is 12.6. The Bertz CT molecular complexity index is 545. The highest BCUT2D eigenvalue weighted by atomic mass is 16.2. The first-order valence-corrected chi connectivity index (χ1v) is 9.19. The Balaban J connectivity index is 1.65. The third kappa shape index (κ3) is 3.54. The van der Waals surface area contributed by atoms with Gasteiger partial charge in [0.2, 0.25) is 0 Å². The van der Waals surface area contributed by atoms with Gasteiger partial charge in [0.25, 0.3) is 0 Å². The molecule has 1 aromatic heterocycles. The Morgan fingerprint density at radius 2 is 2.04 bits per heavy atom. The molecule has 1 aromatic rings. The van der Waals surface area contributed by atoms with E-state index in [1.54, 1.807) is 0 Å². The number of likely N-dealkylation sites (tertiary alicyclic amines) is 1. The quantitative estimate of drug-likeness (QED) is 0.836. The first-order valence-electron chi connectivity index (χ1n) is 9.19. The van der Waals surface area contributed by atoms with Gasteiger partial charge in [-0.15, -0.1) is 0 Å². The van der Waals surface area contributed by atoms with Crippen molar-refractivity contribution in [3.8, 4) is 0 Å². The molecule has 2 fully saturated rings. The topological polar surface area (TPSA) is 41.4 Å². The SMILES string of the molecule is CCN(CC)C(=O)N1CCCC(Cn2c(C)cnc2C2CC2)C1. The summed E-state index contributed by atoms with van der Waals surface area (Å²) in [7, 11) is 0. The molecular formula is C18H30N4O. The summed E-state index contributed by atoms with van der Waals surface area (Å²) < 4.78 is 2.41. The average Bonchev–Trinajstić information content (AvgIpc) is 3.34. The van der Waals surface area contributed by atoms with Crippen molar-refractivity contribution in [2.24, 2.45) is 5.92 Å². The molecule has 1 aliphatic carbocycles. The van der Waals surface area contributed by atoms with Crippen molar-refractivity contribution >= 4 is 6.03 Å². The molecule has 2 heterocycles. The minimum atomic E-state index is 0.212. The molecule has 1 unspecified atom stereocenters. The number of hydrogen-bond donors (Lipinski definition) is 0. The zero-order chi connectivity index (χ0) is 16.4. The molecule has 5 nitrogen and oxygen atoms in total. The van der Waals surface area contributed by atoms with Crippen LogP contribution in [0.5, 0.6) is 0 Å². The molecule has 0 bridgehead atoms. The standard InChI is InChI=1S/C18H30N4O/c1-4-20(5-2)18(23)21-10-6-7-15(12-21)13-22-14(3)11-19-17(22)16-8-9-16/h11,15-16H,4-10,12-13H2,1-3H3. The summed E-state index contributed by atoms with van der Waals surface area (Å²) in [5, 5.41) is 0. The van der Waals surface area contributed by atoms with E-state index in [2.05, 4.69) is 35.2 Å². The molecule has 1 saturated carbocycles. The van der Waals surface area contributed by atoms with E-state index < -0.39 is 0 Å². The van der Waals surface area contributed by atoms with Gasteiger partial charge in [-0.05, 0) is 52.4 Å². The van der Waals surface area contributed by atoms with E-state index in [1.165, 1.54) is 30.8 Å². The second kappa shape index (κ2) is 6.93. The monoisotopic (exact) mass is 318 g/mol. The number of carbonyl (C=O) groups is 1. The summed E-state index contributed by atoms with van der Waals surface area (Å²) in [6.45, 7) is 10.7. The van der Waals surface area contributed by atoms with Crippen LogP contribution in [0.4, 0.5) is 4.79 Å². The number of piperidine rings is 1. The van der Waals surface area contributed by atoms with Crippen LogP contribution >= 0.6 is 0 Å². The van der Waals surface area contributed by atoms with Gasteiger partial charge < -0.3 is 14.4 Å². The maximum Gasteiger partial charge on any atom is 0.319 e. The number of urea groups is 1. The van der Waals surface area contributed by atoms with Crippen LogP contribution in [-0.4, -0.2) is 51.6 Å². The molecule has 1 saturated heterocycles. The van der Waals surface area contributed by atoms with E-state index in [9.17, 15) is 4.79 Å². The van der Waals surface area contributed by atoms with Crippen LogP contribution in [0.15, 0.2) is 6.20 Å². The predicted octanol–water partition coefficient (Wildman–Crippen LogP) is 3.24. The Kier molecular flexibility index (Phi) is 4.93. The number of carbonyl (C=O) groups excluding carboxylic acids is 1. The van der Waals surface area contributed by atoms with Crippen molar-refractivity contribution in [2.75, 3.05) is 26.2 Å². The normalized spacial score (nSPS) is 21.5. The van der Waals surface area contributed by atoms with Crippen molar-refractivity contribution in [1.82, 2.24) is 19.4 Å². The van der Waals surface area contributed by atoms with Gasteiger partial charge in [-0.1, -0.05) is 0 Å². The zero-order valence-corrected chi connectivity index (χ0v) is 14.8. The van der Waals surface area contributed by atoms with E-state index >= 15 is 0 Å². The van der Waals surface area contributed by atoms with Gasteiger partial charge >= 0.3 is 6.03 Å². The van der Waals surface area contributed by atoms with Crippen LogP contribution in [0.25, 0.3) is 0 Å². The number of hydrogen-bond acceptors (Lipinski definition) is 2. The molecule has 0 aromatic carbocycles. The summed E-state index contributed by atoms with van der Waals surface area (Å²) in [5.74, 6) is 2.50. The van der Waals surface area contributed by atoms with Gasteiger partial charge in [-0.3, -0.25) is 0 Å². The van der Waals surface area contributed by atoms with Gasteiger partial charge in [0, 0.05) is 50.5 Å². The smallest absolute Gasteiger partial charge is 0.319 e. The van der Waals surface area contributed by atoms with Crippen molar-refractivity contribution < 1.29 is 4.79 Å². The summed E-state index contributed by atoms with van der Waals surface area (Å²) in [4.78, 5) is 21.2. The van der Waals surface area contributed by atoms with Crippen LogP contribution in [0.1, 0.15) is 57.0 Å². The highest BCUT2D eigenvalue weighted by Crippen LogP contribution is 2.40. The molecular weight excluding hydrogens is 288 g/mol. The van der Waals surface area contributed by atoms with Crippen LogP contribution < -0.4 is 0 Å². The highest BCUT2D eigenvalue weighted by molar-refractivity contribution is 5.74. The summed E-state index contributed by atoms with van der Waals surface area (Å²) in [5.41, 5.74) is 1.26. The first kappa shape index (κ1) is 16.3. The van der Waals surface area contributed by atoms with Gasteiger partial charge in [0.15, 0.2) is 0 Å². The Labute approximate surface area is 139 Å². The average molecular weight is 318 g/mol. The van der Waals surface area contributed by atoms with Crippen molar-refractivity contribution in [3.05, 3.63) is 17.7 Å². The van der Waals surface area contributed by atoms with E-state index in [-0.39, 0.29) is 6.03 Å². The second-order valence-corrected chi connectivity index (χ2v) is 7.05. The highest BCUT2D eigenvalue weighted by Gasteiger charge is 2.31. The van der Waals surface area contributed by atoms with Gasteiger partial charge in [0.05, 0.1) is 0 Å². The Hall–Kier alpha value is -1.52. The van der Waals surface area contributed by atoms with E-state index in [4.69, 9.17) is 0 Å². The zero-order valence-electron chi connectivity index (χ0n) is 14.8. The molecule has 2 aliphatic rings. The van der Waals surface area contributed by atoms with Crippen LogP contribution in [0.3, 0.4) is 0 Å². The fraction of sp³-hybridized carbons (Fsp3) is 0.778. The van der Waals surface area contributed by atoms with Crippen LogP contribution in [0, 0.1) is 12.8 Å². The molecule has 1 atom stereocenters. The molecule has 1 aliphatic heterocycles. The van der Waals surface area contributed by atoms with Gasteiger partial charge in [0.1, 0.15) is 5.82 Å². The lowest BCUT2D eigenvalue weighted by Gasteiger charge is -2.36. The fourth-order valence-corrected chi connectivity index (χ4v) is 3.72. The molecule has 5 heteroatoms. The number of rotatable bonds is 5. The summed E-state index contributed by atoms with van der Waals surface area (Å²) in [6, 6.07) is 0.212. The Morgan fingerprint density at radius 1 is 1.30 bits per heavy atom. The number of amides is 2. The number of aryl methyl sites for hydroxylation is 1. The molecule has 3 rings (SSSR count). The van der Waals surface area contributed by atoms with Gasteiger partial charge in [-0.25, -0.2) is 9.78 Å². The molecule has 128 valence electrons. The lowest BCUT2D eigenvalue weighted by atomic mass is 9.98. The summed E-state index contributed by atoms with van der Waals surface area (Å²) in [6.07, 6.45) is 6.91. The van der Waals surface area contributed by atoms with Gasteiger partial charge in [-0.2, -0.15) is 0 Å². The predicted molar refractivity (Wildman–Crippen MR) is 91.6 cm³/mol. The number of imidazole rings is 1. The van der Waals surface area contributed by atoms with Crippen molar-refractivity contribution in [1.29, 1.82) is 0 Å². The molecule has 0 radical (unpaired) electrons. The second-order valence-electron chi connectivity index (χ2n) is 7.05. The van der Waals surface area contributed by atoms with Crippen LogP contribution in [-0.2, 0) is 6.54 Å². The summed E-state index contributed by atoms with van der Waals surface area (Å²) >= 11 is 0. The number of nitrogens with zero attached hydrogens (tertiary/aromatic N) is 4. The third-order valence-electron chi connectivity index (χ3n) is 5.29. The van der Waals surface area contributed by atoms with E-state index in [1.807, 2.05) is 11.1 Å². The van der Waals surface area contributed by atoms with Crippen molar-refractivity contribution in [2.45, 2.75) is 58.9 Å². The third-order valence-corrected chi connectivity index (χ3v) is 5.29. The minimum absolute atomic E-state index is 0.212. The number of aromatic nitrogens is 2. The van der Waals surface area contributed by atoms with Crippen LogP contribution in [0.2, 0.25) is 0 Å². The maximum absolute atomic E-state index is 12.6. The largest absolute Gasteiger partial charge is 0.332 e. The lowest BCUT2D eigenvalue weighted by Crippen LogP contribution is -2.48. The lowest BCUT2D eigenvalue weighted by molar-refractivity contribution is 0.127. The minimum Gasteiger partial charge on any atom is -0.332 e. The Morgan fingerprint density at radius 3 is 2.70 bits per heavy atom. The van der Waals surface area contributed by atoms with E-state index in [0.717, 1.165) is 39.1 Å².